The Hall–Kier alpha value is -10.3. The lowest BCUT2D eigenvalue weighted by Crippen LogP contribution is -1.95. The van der Waals surface area contributed by atoms with E-state index in [0.29, 0.717) is 12.1 Å². The average Bonchev–Trinajstić information content (AvgIpc) is 3.23. The molecular weight excluding hydrogens is 888 g/mol. The van der Waals surface area contributed by atoms with Crippen LogP contribution in [0.2, 0.25) is 0 Å². The molecule has 0 heterocycles. The molecule has 0 aliphatic rings. The maximum Gasteiger partial charge on any atom is 0.215 e. The molecule has 24 nitrogen and oxygen atoms in total. The van der Waals surface area contributed by atoms with Crippen molar-refractivity contribution in [1.29, 1.82) is 0 Å². The third-order valence-corrected chi connectivity index (χ3v) is 8.80. The van der Waals surface area contributed by atoms with E-state index in [1.165, 1.54) is 0 Å². The normalized spacial score (nSPS) is 10.9. The Bertz CT molecular complexity index is 2980. The molecule has 18 N–H and O–H groups in total. The standard InChI is InChI=1S/C42H30O24/c43-13-1-22(48)37(23(49)2-13)62-15-5-26(52)39(27(53)6-15)65-31-12-21(47)34(58)36(60)42(31)64-17-9-28(54)40(29(55)10-17)66-30-11-20(46)33(57)35(59)41(30)63-16-7-24(50)38(25(51)8-16)61-14-3-18(44)32(56)19(45)4-14/h1-12,43-60H. The SMILES string of the molecule is Oc1cc(O)c(Oc2cc(O)c(Oc3cc(O)c(O)c(O)c3Oc3cc(O)c(Oc4cc(O)c(O)c(O)c4Oc4cc(O)c(Oc5cc(O)c(O)c(O)c5)c(O)c4)c(O)c3)c(O)c2)c(O)c1. The number of aromatic hydroxyl groups is 18. The molecule has 0 aromatic heterocycles. The van der Waals surface area contributed by atoms with Crippen LogP contribution in [0.1, 0.15) is 0 Å². The molecule has 0 saturated carbocycles. The summed E-state index contributed by atoms with van der Waals surface area (Å²) in [6, 6.07) is 9.27. The molecule has 7 rings (SSSR count). The number of hydrogen-bond acceptors (Lipinski definition) is 24. The number of hydrogen-bond donors (Lipinski definition) is 18. The molecule has 0 atom stereocenters. The van der Waals surface area contributed by atoms with Gasteiger partial charge in [0.2, 0.25) is 63.2 Å². The number of ether oxygens (including phenoxy) is 6. The molecule has 7 aromatic carbocycles. The first-order chi connectivity index (χ1) is 31.1. The molecule has 0 amide bonds. The summed E-state index contributed by atoms with van der Waals surface area (Å²) >= 11 is 0. The quantitative estimate of drug-likeness (QED) is 0.0541. The zero-order valence-electron chi connectivity index (χ0n) is 32.4. The molecular formula is C42H30O24. The highest BCUT2D eigenvalue weighted by Gasteiger charge is 2.28. The predicted molar refractivity (Wildman–Crippen MR) is 216 cm³/mol. The topological polar surface area (TPSA) is 420 Å². The van der Waals surface area contributed by atoms with Crippen LogP contribution in [0.4, 0.5) is 0 Å². The lowest BCUT2D eigenvalue weighted by atomic mass is 10.2. The van der Waals surface area contributed by atoms with Gasteiger partial charge < -0.3 is 120 Å². The Morgan fingerprint density at radius 1 is 0.197 bits per heavy atom. The molecule has 0 aliphatic heterocycles. The van der Waals surface area contributed by atoms with E-state index in [4.69, 9.17) is 28.4 Å². The second-order valence-electron chi connectivity index (χ2n) is 13.4. The molecule has 0 radical (unpaired) electrons. The lowest BCUT2D eigenvalue weighted by Gasteiger charge is -2.19. The van der Waals surface area contributed by atoms with Crippen LogP contribution < -0.4 is 28.4 Å². The molecule has 342 valence electrons. The maximum atomic E-state index is 11.0. The van der Waals surface area contributed by atoms with Crippen LogP contribution in [-0.4, -0.2) is 91.9 Å². The Morgan fingerprint density at radius 3 is 0.727 bits per heavy atom. The highest BCUT2D eigenvalue weighted by molar-refractivity contribution is 5.70. The highest BCUT2D eigenvalue weighted by atomic mass is 16.6. The van der Waals surface area contributed by atoms with E-state index in [2.05, 4.69) is 0 Å². The minimum atomic E-state index is -1.23. The summed E-state index contributed by atoms with van der Waals surface area (Å²) in [7, 11) is 0. The van der Waals surface area contributed by atoms with Gasteiger partial charge in [-0.2, -0.15) is 0 Å². The van der Waals surface area contributed by atoms with Crippen LogP contribution in [0.5, 0.6) is 172 Å². The predicted octanol–water partition coefficient (Wildman–Crippen LogP) is 7.14. The summed E-state index contributed by atoms with van der Waals surface area (Å²) in [6.07, 6.45) is 0. The first kappa shape index (κ1) is 43.8. The van der Waals surface area contributed by atoms with Crippen molar-refractivity contribution >= 4 is 0 Å². The Kier molecular flexibility index (Phi) is 11.0. The summed E-state index contributed by atoms with van der Waals surface area (Å²) in [5.41, 5.74) is 0. The molecule has 0 fully saturated rings. The van der Waals surface area contributed by atoms with E-state index in [0.717, 1.165) is 60.7 Å². The van der Waals surface area contributed by atoms with E-state index in [1.54, 1.807) is 0 Å². The van der Waals surface area contributed by atoms with Gasteiger partial charge in [0, 0.05) is 72.8 Å². The van der Waals surface area contributed by atoms with Gasteiger partial charge in [0.25, 0.3) is 0 Å². The summed E-state index contributed by atoms with van der Waals surface area (Å²) in [5.74, 6) is -24.9. The third kappa shape index (κ3) is 8.36. The fourth-order valence-corrected chi connectivity index (χ4v) is 5.79. The van der Waals surface area contributed by atoms with Gasteiger partial charge in [-0.25, -0.2) is 0 Å². The Morgan fingerprint density at radius 2 is 0.424 bits per heavy atom. The van der Waals surface area contributed by atoms with Gasteiger partial charge in [0.1, 0.15) is 28.7 Å². The van der Waals surface area contributed by atoms with E-state index in [1.807, 2.05) is 0 Å². The molecule has 7 aromatic rings. The van der Waals surface area contributed by atoms with Gasteiger partial charge in [0.05, 0.1) is 0 Å². The molecule has 0 spiro atoms. The Labute approximate surface area is 365 Å². The van der Waals surface area contributed by atoms with Crippen LogP contribution in [0, 0.1) is 0 Å². The average molecular weight is 919 g/mol. The summed E-state index contributed by atoms with van der Waals surface area (Å²) < 4.78 is 32.7. The van der Waals surface area contributed by atoms with E-state index < -0.39 is 167 Å². The van der Waals surface area contributed by atoms with E-state index >= 15 is 0 Å². The fraction of sp³-hybridized carbons (Fsp3) is 0. The second-order valence-corrected chi connectivity index (χ2v) is 13.4. The minimum absolute atomic E-state index is 0.365. The van der Waals surface area contributed by atoms with Crippen molar-refractivity contribution in [3.05, 3.63) is 72.8 Å². The number of phenolic OH excluding ortho intramolecular Hbond substituents is 18. The molecule has 24 heteroatoms. The maximum absolute atomic E-state index is 11.0. The van der Waals surface area contributed by atoms with Crippen molar-refractivity contribution in [2.75, 3.05) is 0 Å². The first-order valence-corrected chi connectivity index (χ1v) is 17.9. The van der Waals surface area contributed by atoms with Crippen LogP contribution in [0.25, 0.3) is 0 Å². The minimum Gasteiger partial charge on any atom is -0.508 e. The smallest absolute Gasteiger partial charge is 0.215 e. The van der Waals surface area contributed by atoms with Crippen LogP contribution in [0.3, 0.4) is 0 Å². The molecule has 0 unspecified atom stereocenters. The number of rotatable bonds is 12. The molecule has 66 heavy (non-hydrogen) atoms. The third-order valence-electron chi connectivity index (χ3n) is 8.80. The summed E-state index contributed by atoms with van der Waals surface area (Å²) in [4.78, 5) is 0. The zero-order valence-corrected chi connectivity index (χ0v) is 32.4. The van der Waals surface area contributed by atoms with E-state index in [-0.39, 0.29) is 5.75 Å². The Balaban J connectivity index is 1.16. The van der Waals surface area contributed by atoms with Crippen molar-refractivity contribution < 1.29 is 120 Å². The molecule has 0 aliphatic carbocycles. The van der Waals surface area contributed by atoms with Gasteiger partial charge in [-0.1, -0.05) is 0 Å². The van der Waals surface area contributed by atoms with Gasteiger partial charge >= 0.3 is 0 Å². The molecule has 0 bridgehead atoms. The van der Waals surface area contributed by atoms with Crippen LogP contribution in [-0.2, 0) is 0 Å². The van der Waals surface area contributed by atoms with Crippen LogP contribution >= 0.6 is 0 Å². The monoisotopic (exact) mass is 918 g/mol. The highest BCUT2D eigenvalue weighted by Crippen LogP contribution is 2.57. The van der Waals surface area contributed by atoms with Gasteiger partial charge in [-0.15, -0.1) is 0 Å². The second kappa shape index (κ2) is 16.5. The largest absolute Gasteiger partial charge is 0.508 e. The summed E-state index contributed by atoms with van der Waals surface area (Å²) in [6.45, 7) is 0. The number of phenols is 18. The van der Waals surface area contributed by atoms with Crippen molar-refractivity contribution in [3.63, 3.8) is 0 Å². The van der Waals surface area contributed by atoms with Gasteiger partial charge in [-0.3, -0.25) is 0 Å². The van der Waals surface area contributed by atoms with Crippen molar-refractivity contribution in [1.82, 2.24) is 0 Å². The summed E-state index contributed by atoms with van der Waals surface area (Å²) in [5, 5.41) is 186. The lowest BCUT2D eigenvalue weighted by molar-refractivity contribution is 0.319. The fourth-order valence-electron chi connectivity index (χ4n) is 5.79. The number of benzene rings is 7. The van der Waals surface area contributed by atoms with Crippen molar-refractivity contribution in [2.24, 2.45) is 0 Å². The molecule has 0 saturated heterocycles. The van der Waals surface area contributed by atoms with E-state index in [9.17, 15) is 91.9 Å². The van der Waals surface area contributed by atoms with Gasteiger partial charge in [-0.05, 0) is 0 Å². The zero-order chi connectivity index (χ0) is 48.0. The van der Waals surface area contributed by atoms with Crippen molar-refractivity contribution in [2.45, 2.75) is 0 Å². The van der Waals surface area contributed by atoms with Crippen LogP contribution in [0.15, 0.2) is 72.8 Å². The first-order valence-electron chi connectivity index (χ1n) is 17.9. The van der Waals surface area contributed by atoms with Gasteiger partial charge in [0.15, 0.2) is 80.5 Å². The van der Waals surface area contributed by atoms with Crippen molar-refractivity contribution in [3.8, 4) is 172 Å².